The number of fused-ring (bicyclic) bond motifs is 2. The van der Waals surface area contributed by atoms with Gasteiger partial charge in [-0.1, -0.05) is 36.4 Å². The first kappa shape index (κ1) is 30.2. The molecule has 4 aromatic rings. The minimum Gasteiger partial charge on any atom is -0.478 e. The molecule has 2 aliphatic rings. The summed E-state index contributed by atoms with van der Waals surface area (Å²) in [4.78, 5) is 74.1. The highest BCUT2D eigenvalue weighted by atomic mass is 16.4. The molecule has 4 N–H and O–H groups in total. The molecule has 2 aliphatic heterocycles. The molecule has 12 heteroatoms. The minimum absolute atomic E-state index is 0.0262. The summed E-state index contributed by atoms with van der Waals surface area (Å²) in [5.74, 6) is -3.61. The van der Waals surface area contributed by atoms with Crippen molar-refractivity contribution < 1.29 is 39.0 Å². The van der Waals surface area contributed by atoms with Crippen LogP contribution in [-0.2, 0) is 9.59 Å². The van der Waals surface area contributed by atoms with Crippen LogP contribution in [0.3, 0.4) is 0 Å². The van der Waals surface area contributed by atoms with Gasteiger partial charge in [-0.05, 0) is 67.6 Å². The lowest BCUT2D eigenvalue weighted by Gasteiger charge is -2.34. The number of para-hydroxylation sites is 4. The van der Waals surface area contributed by atoms with E-state index in [0.29, 0.717) is 22.7 Å². The molecule has 0 fully saturated rings. The van der Waals surface area contributed by atoms with Crippen molar-refractivity contribution in [1.29, 1.82) is 0 Å². The third-order valence-corrected chi connectivity index (χ3v) is 7.14. The van der Waals surface area contributed by atoms with Gasteiger partial charge in [0, 0.05) is 11.1 Å². The van der Waals surface area contributed by atoms with Gasteiger partial charge in [0.1, 0.15) is 12.6 Å². The van der Waals surface area contributed by atoms with Crippen molar-refractivity contribution in [1.82, 2.24) is 0 Å². The number of carbonyl (C=O) groups is 6. The maximum atomic E-state index is 12.8. The Balaban J connectivity index is 0.000000178. The monoisotopic (exact) mass is 606 g/mol. The molecule has 0 saturated carbocycles. The molecule has 0 aromatic heterocycles. The van der Waals surface area contributed by atoms with Crippen molar-refractivity contribution in [3.05, 3.63) is 119 Å². The Labute approximate surface area is 256 Å². The molecule has 12 nitrogen and oxygen atoms in total. The van der Waals surface area contributed by atoms with Gasteiger partial charge in [-0.25, -0.2) is 9.59 Å². The van der Waals surface area contributed by atoms with E-state index in [-0.39, 0.29) is 40.6 Å². The maximum absolute atomic E-state index is 12.8. The van der Waals surface area contributed by atoms with E-state index in [2.05, 4.69) is 10.6 Å². The lowest BCUT2D eigenvalue weighted by Crippen LogP contribution is -2.49. The maximum Gasteiger partial charge on any atom is 0.335 e. The molecule has 2 heterocycles. The number of amides is 4. The van der Waals surface area contributed by atoms with Gasteiger partial charge in [-0.3, -0.25) is 29.0 Å². The lowest BCUT2D eigenvalue weighted by atomic mass is 10.0. The largest absolute Gasteiger partial charge is 0.478 e. The summed E-state index contributed by atoms with van der Waals surface area (Å²) in [6, 6.07) is 24.8. The Morgan fingerprint density at radius 2 is 1.13 bits per heavy atom. The van der Waals surface area contributed by atoms with Crippen LogP contribution in [0.15, 0.2) is 97.1 Å². The standard InChI is InChI=1S/C17H14N2O4.C16H12N2O4/c1-10-15(20)18-13-7-2-3-8-14(13)19(10)16(21)11-5-4-6-12(9-11)17(22)23;19-14-9-18(13-7-2-1-6-12(13)17-14)15(20)10-4-3-5-11(8-10)16(21)22/h2-10H,1H3,(H,18,20)(H,22,23);1-8H,9H2,(H,17,19)(H,21,22). The molecular formula is C33H26N4O8. The van der Waals surface area contributed by atoms with Gasteiger partial charge in [0.15, 0.2) is 0 Å². The number of benzene rings is 4. The second-order valence-electron chi connectivity index (χ2n) is 10.1. The molecule has 6 rings (SSSR count). The second kappa shape index (κ2) is 12.5. The third kappa shape index (κ3) is 6.25. The quantitative estimate of drug-likeness (QED) is 0.265. The first-order valence-corrected chi connectivity index (χ1v) is 13.7. The normalized spacial score (nSPS) is 14.9. The lowest BCUT2D eigenvalue weighted by molar-refractivity contribution is -0.117. The topological polar surface area (TPSA) is 173 Å². The highest BCUT2D eigenvalue weighted by Crippen LogP contribution is 2.33. The Bertz CT molecular complexity index is 1870. The van der Waals surface area contributed by atoms with E-state index in [1.807, 2.05) is 0 Å². The zero-order valence-electron chi connectivity index (χ0n) is 23.8. The first-order valence-electron chi connectivity index (χ1n) is 13.7. The van der Waals surface area contributed by atoms with Crippen LogP contribution in [0.25, 0.3) is 0 Å². The number of carboxylic acids is 2. The van der Waals surface area contributed by atoms with E-state index < -0.39 is 29.8 Å². The van der Waals surface area contributed by atoms with Gasteiger partial charge in [-0.15, -0.1) is 0 Å². The summed E-state index contributed by atoms with van der Waals surface area (Å²) in [5, 5.41) is 23.5. The van der Waals surface area contributed by atoms with Crippen molar-refractivity contribution in [3.8, 4) is 0 Å². The van der Waals surface area contributed by atoms with Gasteiger partial charge in [0.05, 0.1) is 33.9 Å². The highest BCUT2D eigenvalue weighted by Gasteiger charge is 2.34. The summed E-state index contributed by atoms with van der Waals surface area (Å²) in [7, 11) is 0. The van der Waals surface area contributed by atoms with Crippen molar-refractivity contribution in [2.45, 2.75) is 13.0 Å². The third-order valence-electron chi connectivity index (χ3n) is 7.14. The molecule has 4 aromatic carbocycles. The first-order chi connectivity index (χ1) is 21.5. The van der Waals surface area contributed by atoms with Crippen LogP contribution >= 0.6 is 0 Å². The molecule has 4 amide bonds. The molecule has 1 unspecified atom stereocenters. The minimum atomic E-state index is -1.11. The van der Waals surface area contributed by atoms with Crippen molar-refractivity contribution in [2.24, 2.45) is 0 Å². The predicted octanol–water partition coefficient (Wildman–Crippen LogP) is 4.36. The van der Waals surface area contributed by atoms with E-state index in [4.69, 9.17) is 10.2 Å². The smallest absolute Gasteiger partial charge is 0.335 e. The highest BCUT2D eigenvalue weighted by molar-refractivity contribution is 6.17. The summed E-state index contributed by atoms with van der Waals surface area (Å²) in [5.41, 5.74) is 2.79. The molecule has 0 bridgehead atoms. The number of nitrogens with zero attached hydrogens (tertiary/aromatic N) is 2. The average molecular weight is 607 g/mol. The summed E-state index contributed by atoms with van der Waals surface area (Å²) < 4.78 is 0. The fourth-order valence-electron chi connectivity index (χ4n) is 4.92. The van der Waals surface area contributed by atoms with E-state index in [1.54, 1.807) is 55.5 Å². The number of carbonyl (C=O) groups excluding carboxylic acids is 4. The van der Waals surface area contributed by atoms with Crippen LogP contribution in [-0.4, -0.2) is 58.4 Å². The number of nitrogens with one attached hydrogen (secondary N) is 2. The van der Waals surface area contributed by atoms with Crippen LogP contribution < -0.4 is 20.4 Å². The van der Waals surface area contributed by atoms with E-state index in [1.165, 1.54) is 58.3 Å². The van der Waals surface area contributed by atoms with Crippen LogP contribution in [0.4, 0.5) is 22.7 Å². The Hall–Kier alpha value is -6.30. The zero-order chi connectivity index (χ0) is 32.2. The van der Waals surface area contributed by atoms with Crippen LogP contribution in [0, 0.1) is 0 Å². The average Bonchev–Trinajstić information content (AvgIpc) is 3.04. The SMILES string of the molecule is CC1C(=O)Nc2ccccc2N1C(=O)c1cccc(C(=O)O)c1.O=C1CN(C(=O)c2cccc(C(=O)O)c2)c2ccccc2N1. The van der Waals surface area contributed by atoms with Crippen LogP contribution in [0.1, 0.15) is 48.4 Å². The van der Waals surface area contributed by atoms with E-state index in [0.717, 1.165) is 0 Å². The Kier molecular flexibility index (Phi) is 8.39. The number of rotatable bonds is 4. The molecule has 0 spiro atoms. The second-order valence-corrected chi connectivity index (χ2v) is 10.1. The summed E-state index contributed by atoms with van der Waals surface area (Å²) >= 11 is 0. The van der Waals surface area contributed by atoms with Crippen molar-refractivity contribution >= 4 is 58.3 Å². The number of hydrogen-bond donors (Lipinski definition) is 4. The number of anilines is 4. The summed E-state index contributed by atoms with van der Waals surface area (Å²) in [6.07, 6.45) is 0. The van der Waals surface area contributed by atoms with Gasteiger partial charge in [0.2, 0.25) is 11.8 Å². The van der Waals surface area contributed by atoms with Crippen molar-refractivity contribution in [2.75, 3.05) is 27.0 Å². The fraction of sp³-hybridized carbons (Fsp3) is 0.0909. The van der Waals surface area contributed by atoms with Crippen LogP contribution in [0.2, 0.25) is 0 Å². The summed E-state index contributed by atoms with van der Waals surface area (Å²) in [6.45, 7) is 1.53. The Morgan fingerprint density at radius 3 is 1.71 bits per heavy atom. The fourth-order valence-corrected chi connectivity index (χ4v) is 4.92. The van der Waals surface area contributed by atoms with Gasteiger partial charge >= 0.3 is 11.9 Å². The molecule has 0 radical (unpaired) electrons. The molecule has 0 saturated heterocycles. The van der Waals surface area contributed by atoms with E-state index >= 15 is 0 Å². The number of carboxylic acid groups (broad SMARTS) is 2. The Morgan fingerprint density at radius 1 is 0.644 bits per heavy atom. The number of hydrogen-bond acceptors (Lipinski definition) is 6. The van der Waals surface area contributed by atoms with Crippen LogP contribution in [0.5, 0.6) is 0 Å². The van der Waals surface area contributed by atoms with Gasteiger partial charge < -0.3 is 20.8 Å². The van der Waals surface area contributed by atoms with Gasteiger partial charge in [0.25, 0.3) is 11.8 Å². The molecule has 0 aliphatic carbocycles. The predicted molar refractivity (Wildman–Crippen MR) is 165 cm³/mol. The zero-order valence-corrected chi connectivity index (χ0v) is 23.8. The molecular weight excluding hydrogens is 580 g/mol. The van der Waals surface area contributed by atoms with E-state index in [9.17, 15) is 28.8 Å². The molecule has 45 heavy (non-hydrogen) atoms. The number of aromatic carboxylic acids is 2. The molecule has 226 valence electrons. The van der Waals surface area contributed by atoms with Gasteiger partial charge in [-0.2, -0.15) is 0 Å². The van der Waals surface area contributed by atoms with Crippen molar-refractivity contribution in [3.63, 3.8) is 0 Å². The molecule has 1 atom stereocenters.